The van der Waals surface area contributed by atoms with Crippen LogP contribution in [0.4, 0.5) is 5.69 Å². The van der Waals surface area contributed by atoms with Gasteiger partial charge >= 0.3 is 0 Å². The summed E-state index contributed by atoms with van der Waals surface area (Å²) in [5.74, 6) is -0.553. The van der Waals surface area contributed by atoms with Gasteiger partial charge in [0, 0.05) is 6.54 Å². The zero-order valence-electron chi connectivity index (χ0n) is 15.1. The summed E-state index contributed by atoms with van der Waals surface area (Å²) in [6, 6.07) is 9.17. The summed E-state index contributed by atoms with van der Waals surface area (Å²) < 4.78 is 9.94. The van der Waals surface area contributed by atoms with Gasteiger partial charge in [0.2, 0.25) is 0 Å². The third-order valence-corrected chi connectivity index (χ3v) is 5.17. The first kappa shape index (κ1) is 17.3. The smallest absolute Gasteiger partial charge is 0.282 e. The Bertz CT molecular complexity index is 1260. The number of nitrogens with zero attached hydrogens (tertiary/aromatic N) is 4. The number of hydrogen-bond acceptors (Lipinski definition) is 6. The van der Waals surface area contributed by atoms with Gasteiger partial charge in [0.15, 0.2) is 5.69 Å². The summed E-state index contributed by atoms with van der Waals surface area (Å²) in [6.07, 6.45) is 0. The maximum Gasteiger partial charge on any atom is 0.282 e. The molecule has 4 aromatic rings. The molecule has 2 aromatic heterocycles. The quantitative estimate of drug-likeness (QED) is 0.590. The summed E-state index contributed by atoms with van der Waals surface area (Å²) in [5.41, 5.74) is 4.75. The Kier molecular flexibility index (Phi) is 4.19. The average molecular weight is 379 g/mol. The van der Waals surface area contributed by atoms with E-state index in [0.29, 0.717) is 28.8 Å². The minimum Gasteiger partial charge on any atom is -0.318 e. The number of carbonyl (C=O) groups excluding carboxylic acids is 1. The molecular formula is C19H17N5O2S. The fraction of sp³-hybridized carbons (Fsp3) is 0.211. The van der Waals surface area contributed by atoms with Gasteiger partial charge in [0.05, 0.1) is 28.4 Å². The lowest BCUT2D eigenvalue weighted by atomic mass is 10.1. The summed E-state index contributed by atoms with van der Waals surface area (Å²) in [6.45, 7) is 6.29. The van der Waals surface area contributed by atoms with E-state index in [1.165, 1.54) is 0 Å². The second-order valence-electron chi connectivity index (χ2n) is 6.33. The highest BCUT2D eigenvalue weighted by Gasteiger charge is 2.19. The molecule has 0 unspecified atom stereocenters. The summed E-state index contributed by atoms with van der Waals surface area (Å²) >= 11 is 1.07. The molecule has 0 aliphatic heterocycles. The van der Waals surface area contributed by atoms with E-state index in [2.05, 4.69) is 19.0 Å². The molecule has 27 heavy (non-hydrogen) atoms. The number of benzene rings is 2. The molecule has 7 nitrogen and oxygen atoms in total. The van der Waals surface area contributed by atoms with Gasteiger partial charge in [-0.15, -0.1) is 0 Å². The van der Waals surface area contributed by atoms with Gasteiger partial charge in [0.1, 0.15) is 11.0 Å². The van der Waals surface area contributed by atoms with Crippen molar-refractivity contribution in [2.75, 3.05) is 5.32 Å². The molecule has 136 valence electrons. The Labute approximate surface area is 159 Å². The summed E-state index contributed by atoms with van der Waals surface area (Å²) in [7, 11) is 0. The van der Waals surface area contributed by atoms with Gasteiger partial charge in [-0.3, -0.25) is 9.59 Å². The first-order valence-electron chi connectivity index (χ1n) is 8.54. The molecule has 8 heteroatoms. The molecule has 0 bridgehead atoms. The summed E-state index contributed by atoms with van der Waals surface area (Å²) in [4.78, 5) is 30.1. The molecule has 0 aliphatic rings. The number of aromatic nitrogens is 4. The van der Waals surface area contributed by atoms with Gasteiger partial charge in [-0.25, -0.2) is 4.98 Å². The number of amides is 1. The minimum atomic E-state index is -0.553. The van der Waals surface area contributed by atoms with Gasteiger partial charge in [-0.1, -0.05) is 6.07 Å². The van der Waals surface area contributed by atoms with Crippen LogP contribution in [0, 0.1) is 13.8 Å². The lowest BCUT2D eigenvalue weighted by molar-refractivity contribution is 0.102. The van der Waals surface area contributed by atoms with Crippen LogP contribution in [-0.4, -0.2) is 24.2 Å². The van der Waals surface area contributed by atoms with E-state index < -0.39 is 11.5 Å². The molecule has 0 spiro atoms. The topological polar surface area (TPSA) is 89.8 Å². The second-order valence-corrected chi connectivity index (χ2v) is 6.86. The van der Waals surface area contributed by atoms with Gasteiger partial charge in [0.25, 0.3) is 11.5 Å². The molecule has 1 N–H and O–H groups in total. The number of fused-ring (bicyclic) bond motifs is 2. The standard InChI is InChI=1S/C19H17N5O2S/c1-4-24-15-9-11(3)10(2)8-14(15)20-17(19(24)26)18(25)21-12-6-5-7-13-16(12)23-27-22-13/h5-9H,4H2,1-3H3,(H,21,25). The van der Waals surface area contributed by atoms with Crippen molar-refractivity contribution in [3.05, 3.63) is 57.5 Å². The second kappa shape index (κ2) is 6.55. The van der Waals surface area contributed by atoms with E-state index in [4.69, 9.17) is 0 Å². The highest BCUT2D eigenvalue weighted by atomic mass is 32.1. The molecule has 0 aliphatic carbocycles. The zero-order valence-corrected chi connectivity index (χ0v) is 15.9. The van der Waals surface area contributed by atoms with Crippen LogP contribution >= 0.6 is 11.7 Å². The number of carbonyl (C=O) groups is 1. The Morgan fingerprint density at radius 3 is 2.70 bits per heavy atom. The van der Waals surface area contributed by atoms with Crippen LogP contribution in [0.1, 0.15) is 28.5 Å². The van der Waals surface area contributed by atoms with Gasteiger partial charge in [-0.2, -0.15) is 8.75 Å². The van der Waals surface area contributed by atoms with Crippen molar-refractivity contribution < 1.29 is 4.79 Å². The predicted octanol–water partition coefficient (Wildman–Crippen LogP) is 3.29. The SMILES string of the molecule is CCn1c(=O)c(C(=O)Nc2cccc3nsnc23)nc2cc(C)c(C)cc21. The normalized spacial score (nSPS) is 11.2. The molecule has 0 radical (unpaired) electrons. The van der Waals surface area contributed by atoms with Crippen LogP contribution in [0.3, 0.4) is 0 Å². The molecule has 1 amide bonds. The fourth-order valence-electron chi connectivity index (χ4n) is 3.05. The van der Waals surface area contributed by atoms with E-state index in [0.717, 1.165) is 28.4 Å². The highest BCUT2D eigenvalue weighted by molar-refractivity contribution is 7.00. The van der Waals surface area contributed by atoms with Crippen molar-refractivity contribution in [2.24, 2.45) is 0 Å². The monoisotopic (exact) mass is 379 g/mol. The average Bonchev–Trinajstić information content (AvgIpc) is 3.13. The van der Waals surface area contributed by atoms with Crippen molar-refractivity contribution in [3.8, 4) is 0 Å². The predicted molar refractivity (Wildman–Crippen MR) is 107 cm³/mol. The van der Waals surface area contributed by atoms with Crippen LogP contribution < -0.4 is 10.9 Å². The molecule has 2 heterocycles. The van der Waals surface area contributed by atoms with E-state index in [1.54, 1.807) is 16.7 Å². The molecule has 0 atom stereocenters. The van der Waals surface area contributed by atoms with Crippen molar-refractivity contribution in [2.45, 2.75) is 27.3 Å². The number of nitrogens with one attached hydrogen (secondary N) is 1. The third kappa shape index (κ3) is 2.87. The van der Waals surface area contributed by atoms with Crippen LogP contribution in [0.2, 0.25) is 0 Å². The number of hydrogen-bond donors (Lipinski definition) is 1. The molecule has 0 fully saturated rings. The molecular weight excluding hydrogens is 362 g/mol. The maximum atomic E-state index is 12.9. The first-order chi connectivity index (χ1) is 13.0. The van der Waals surface area contributed by atoms with E-state index in [-0.39, 0.29) is 5.69 Å². The van der Waals surface area contributed by atoms with Gasteiger partial charge in [-0.05, 0) is 56.2 Å². The molecule has 0 saturated carbocycles. The third-order valence-electron chi connectivity index (χ3n) is 4.63. The van der Waals surface area contributed by atoms with Crippen LogP contribution in [-0.2, 0) is 6.54 Å². The van der Waals surface area contributed by atoms with Crippen LogP contribution in [0.15, 0.2) is 35.1 Å². The minimum absolute atomic E-state index is 0.132. The highest BCUT2D eigenvalue weighted by Crippen LogP contribution is 2.22. The Morgan fingerprint density at radius 2 is 1.93 bits per heavy atom. The zero-order chi connectivity index (χ0) is 19.1. The van der Waals surface area contributed by atoms with Crippen molar-refractivity contribution in [3.63, 3.8) is 0 Å². The lowest BCUT2D eigenvalue weighted by Gasteiger charge is -2.12. The van der Waals surface area contributed by atoms with Crippen LogP contribution in [0.25, 0.3) is 22.1 Å². The number of rotatable bonds is 3. The van der Waals surface area contributed by atoms with Gasteiger partial charge < -0.3 is 9.88 Å². The van der Waals surface area contributed by atoms with Crippen molar-refractivity contribution in [1.29, 1.82) is 0 Å². The molecule has 2 aromatic carbocycles. The molecule has 0 saturated heterocycles. The number of aryl methyl sites for hydroxylation is 3. The van der Waals surface area contributed by atoms with E-state index in [1.807, 2.05) is 39.0 Å². The van der Waals surface area contributed by atoms with Crippen molar-refractivity contribution in [1.82, 2.24) is 18.3 Å². The summed E-state index contributed by atoms with van der Waals surface area (Å²) in [5, 5.41) is 2.76. The Balaban J connectivity index is 1.84. The maximum absolute atomic E-state index is 12.9. The first-order valence-corrected chi connectivity index (χ1v) is 9.27. The van der Waals surface area contributed by atoms with E-state index in [9.17, 15) is 9.59 Å². The van der Waals surface area contributed by atoms with E-state index >= 15 is 0 Å². The number of anilines is 1. The fourth-order valence-corrected chi connectivity index (χ4v) is 3.60. The van der Waals surface area contributed by atoms with Crippen LogP contribution in [0.5, 0.6) is 0 Å². The molecule has 4 rings (SSSR count). The largest absolute Gasteiger partial charge is 0.318 e. The Hall–Kier alpha value is -3.13. The lowest BCUT2D eigenvalue weighted by Crippen LogP contribution is -2.31. The Morgan fingerprint density at radius 1 is 1.15 bits per heavy atom. The van der Waals surface area contributed by atoms with Crippen molar-refractivity contribution >= 4 is 45.4 Å².